The van der Waals surface area contributed by atoms with Gasteiger partial charge in [0, 0.05) is 17.2 Å². The third kappa shape index (κ3) is 2.45. The molecule has 3 rings (SSSR count). The van der Waals surface area contributed by atoms with E-state index in [1.807, 2.05) is 6.07 Å². The van der Waals surface area contributed by atoms with Gasteiger partial charge in [0.2, 0.25) is 0 Å². The fourth-order valence-electron chi connectivity index (χ4n) is 3.40. The number of anilines is 1. The molecule has 2 aliphatic rings. The van der Waals surface area contributed by atoms with E-state index in [0.29, 0.717) is 5.02 Å². The largest absolute Gasteiger partial charge is 0.369 e. The number of nitrogens with zero attached hydrogens (tertiary/aromatic N) is 1. The summed E-state index contributed by atoms with van der Waals surface area (Å²) in [7, 11) is 0. The van der Waals surface area contributed by atoms with Gasteiger partial charge in [-0.15, -0.1) is 0 Å². The van der Waals surface area contributed by atoms with Crippen molar-refractivity contribution in [2.24, 2.45) is 17.8 Å². The quantitative estimate of drug-likeness (QED) is 0.897. The third-order valence-electron chi connectivity index (χ3n) is 4.22. The van der Waals surface area contributed by atoms with Crippen LogP contribution in [-0.2, 0) is 0 Å². The highest BCUT2D eigenvalue weighted by Gasteiger charge is 2.39. The van der Waals surface area contributed by atoms with Crippen molar-refractivity contribution in [1.82, 2.24) is 4.98 Å². The average Bonchev–Trinajstić information content (AvgIpc) is 2.89. The van der Waals surface area contributed by atoms with E-state index in [-0.39, 0.29) is 0 Å². The van der Waals surface area contributed by atoms with Gasteiger partial charge < -0.3 is 5.32 Å². The van der Waals surface area contributed by atoms with Gasteiger partial charge in [-0.05, 0) is 59.0 Å². The minimum atomic E-state index is 0.697. The van der Waals surface area contributed by atoms with Gasteiger partial charge in [-0.2, -0.15) is 0 Å². The molecule has 1 aromatic heterocycles. The molecule has 92 valence electrons. The summed E-state index contributed by atoms with van der Waals surface area (Å²) < 4.78 is 0.924. The van der Waals surface area contributed by atoms with Crippen LogP contribution in [0.1, 0.15) is 25.7 Å². The zero-order chi connectivity index (χ0) is 11.8. The molecule has 2 nitrogen and oxygen atoms in total. The van der Waals surface area contributed by atoms with Gasteiger partial charge in [0.1, 0.15) is 5.82 Å². The Morgan fingerprint density at radius 1 is 1.41 bits per heavy atom. The first-order valence-electron chi connectivity index (χ1n) is 6.27. The summed E-state index contributed by atoms with van der Waals surface area (Å²) in [5, 5.41) is 4.10. The Morgan fingerprint density at radius 2 is 2.29 bits per heavy atom. The molecular formula is C13H16BrClN2. The maximum Gasteiger partial charge on any atom is 0.144 e. The van der Waals surface area contributed by atoms with Gasteiger partial charge in [-0.1, -0.05) is 18.0 Å². The predicted molar refractivity (Wildman–Crippen MR) is 74.4 cm³/mol. The number of aromatic nitrogens is 1. The number of pyridine rings is 1. The molecule has 4 heteroatoms. The van der Waals surface area contributed by atoms with E-state index in [2.05, 4.69) is 26.2 Å². The molecule has 0 spiro atoms. The number of hydrogen-bond acceptors (Lipinski definition) is 2. The second kappa shape index (κ2) is 4.77. The van der Waals surface area contributed by atoms with Gasteiger partial charge in [0.25, 0.3) is 0 Å². The molecule has 1 heterocycles. The van der Waals surface area contributed by atoms with Crippen molar-refractivity contribution < 1.29 is 0 Å². The lowest BCUT2D eigenvalue weighted by Gasteiger charge is -2.22. The minimum Gasteiger partial charge on any atom is -0.369 e. The summed E-state index contributed by atoms with van der Waals surface area (Å²) >= 11 is 9.50. The lowest BCUT2D eigenvalue weighted by molar-refractivity contribution is 0.348. The normalized spacial score (nSPS) is 30.8. The highest BCUT2D eigenvalue weighted by atomic mass is 79.9. The van der Waals surface area contributed by atoms with Crippen LogP contribution in [-0.4, -0.2) is 11.5 Å². The van der Waals surface area contributed by atoms with Crippen molar-refractivity contribution in [2.45, 2.75) is 25.7 Å². The molecule has 2 fully saturated rings. The Hall–Kier alpha value is -0.280. The zero-order valence-electron chi connectivity index (χ0n) is 9.63. The van der Waals surface area contributed by atoms with Gasteiger partial charge in [0.15, 0.2) is 0 Å². The van der Waals surface area contributed by atoms with Gasteiger partial charge in [-0.25, -0.2) is 4.98 Å². The fourth-order valence-corrected chi connectivity index (χ4v) is 4.10. The number of fused-ring (bicyclic) bond motifs is 2. The molecule has 3 unspecified atom stereocenters. The van der Waals surface area contributed by atoms with Gasteiger partial charge in [-0.3, -0.25) is 0 Å². The summed E-state index contributed by atoms with van der Waals surface area (Å²) in [6, 6.07) is 1.89. The molecule has 17 heavy (non-hydrogen) atoms. The van der Waals surface area contributed by atoms with Crippen LogP contribution >= 0.6 is 27.5 Å². The van der Waals surface area contributed by atoms with Crippen molar-refractivity contribution in [3.05, 3.63) is 21.8 Å². The van der Waals surface area contributed by atoms with Crippen LogP contribution in [0.25, 0.3) is 0 Å². The first-order valence-corrected chi connectivity index (χ1v) is 7.44. The number of hydrogen-bond donors (Lipinski definition) is 1. The predicted octanol–water partition coefficient (Wildman–Crippen LogP) is 4.35. The lowest BCUT2D eigenvalue weighted by Crippen LogP contribution is -2.20. The molecule has 0 saturated heterocycles. The zero-order valence-corrected chi connectivity index (χ0v) is 12.0. The van der Waals surface area contributed by atoms with Crippen molar-refractivity contribution in [1.29, 1.82) is 0 Å². The fraction of sp³-hybridized carbons (Fsp3) is 0.615. The van der Waals surface area contributed by atoms with Crippen LogP contribution in [0.3, 0.4) is 0 Å². The van der Waals surface area contributed by atoms with E-state index in [9.17, 15) is 0 Å². The molecule has 0 aliphatic heterocycles. The smallest absolute Gasteiger partial charge is 0.144 e. The SMILES string of the molecule is Clc1cc(Br)cnc1NCC1CC2CCC1C2. The van der Waals surface area contributed by atoms with Crippen molar-refractivity contribution in [3.63, 3.8) is 0 Å². The maximum absolute atomic E-state index is 6.14. The highest BCUT2D eigenvalue weighted by molar-refractivity contribution is 9.10. The molecule has 1 N–H and O–H groups in total. The number of nitrogens with one attached hydrogen (secondary N) is 1. The van der Waals surface area contributed by atoms with Crippen molar-refractivity contribution in [3.8, 4) is 0 Å². The summed E-state index contributed by atoms with van der Waals surface area (Å²) in [5.41, 5.74) is 0. The lowest BCUT2D eigenvalue weighted by atomic mass is 9.89. The molecule has 2 aliphatic carbocycles. The van der Waals surface area contributed by atoms with E-state index < -0.39 is 0 Å². The first-order chi connectivity index (χ1) is 8.22. The standard InChI is InChI=1S/C13H16BrClN2/c14-11-5-12(15)13(17-7-11)16-6-10-4-8-1-2-9(10)3-8/h5,7-10H,1-4,6H2,(H,16,17). The van der Waals surface area contributed by atoms with E-state index in [1.165, 1.54) is 25.7 Å². The van der Waals surface area contributed by atoms with Gasteiger partial charge >= 0.3 is 0 Å². The Labute approximate surface area is 115 Å². The second-order valence-corrected chi connectivity index (χ2v) is 6.62. The highest BCUT2D eigenvalue weighted by Crippen LogP contribution is 2.48. The molecule has 1 aromatic rings. The second-order valence-electron chi connectivity index (χ2n) is 5.30. The molecular weight excluding hydrogens is 300 g/mol. The van der Waals surface area contributed by atoms with Crippen molar-refractivity contribution in [2.75, 3.05) is 11.9 Å². The Bertz CT molecular complexity index is 424. The molecule has 3 atom stereocenters. The van der Waals surface area contributed by atoms with Crippen LogP contribution in [0.4, 0.5) is 5.82 Å². The average molecular weight is 316 g/mol. The Morgan fingerprint density at radius 3 is 2.94 bits per heavy atom. The molecule has 0 radical (unpaired) electrons. The maximum atomic E-state index is 6.14. The van der Waals surface area contributed by atoms with Crippen LogP contribution in [0.5, 0.6) is 0 Å². The summed E-state index contributed by atoms with van der Waals surface area (Å²) in [6.07, 6.45) is 7.52. The third-order valence-corrected chi connectivity index (χ3v) is 4.95. The van der Waals surface area contributed by atoms with E-state index in [0.717, 1.165) is 34.6 Å². The van der Waals surface area contributed by atoms with Crippen LogP contribution in [0.2, 0.25) is 5.02 Å². The summed E-state index contributed by atoms with van der Waals surface area (Å²) in [6.45, 7) is 1.02. The number of halogens is 2. The monoisotopic (exact) mass is 314 g/mol. The minimum absolute atomic E-state index is 0.697. The van der Waals surface area contributed by atoms with Gasteiger partial charge in [0.05, 0.1) is 5.02 Å². The molecule has 0 amide bonds. The molecule has 2 bridgehead atoms. The Balaban J connectivity index is 1.60. The summed E-state index contributed by atoms with van der Waals surface area (Å²) in [5.74, 6) is 3.59. The summed E-state index contributed by atoms with van der Waals surface area (Å²) in [4.78, 5) is 4.31. The molecule has 2 saturated carbocycles. The topological polar surface area (TPSA) is 24.9 Å². The first kappa shape index (κ1) is 11.8. The van der Waals surface area contributed by atoms with Crippen molar-refractivity contribution >= 4 is 33.3 Å². The van der Waals surface area contributed by atoms with Crippen LogP contribution in [0.15, 0.2) is 16.7 Å². The van der Waals surface area contributed by atoms with Crippen LogP contribution in [0, 0.1) is 17.8 Å². The van der Waals surface area contributed by atoms with Crippen LogP contribution < -0.4 is 5.32 Å². The van der Waals surface area contributed by atoms with E-state index in [4.69, 9.17) is 11.6 Å². The number of rotatable bonds is 3. The van der Waals surface area contributed by atoms with E-state index in [1.54, 1.807) is 6.20 Å². The van der Waals surface area contributed by atoms with E-state index >= 15 is 0 Å². The Kier molecular flexibility index (Phi) is 3.31. The molecule has 0 aromatic carbocycles.